The Balaban J connectivity index is 2.83. The Bertz CT molecular complexity index is 610. The quantitative estimate of drug-likeness (QED) is 0.682. The van der Waals surface area contributed by atoms with Crippen LogP contribution in [0.15, 0.2) is 30.3 Å². The highest BCUT2D eigenvalue weighted by atomic mass is 16.5. The van der Waals surface area contributed by atoms with Crippen molar-refractivity contribution in [2.45, 2.75) is 38.3 Å². The summed E-state index contributed by atoms with van der Waals surface area (Å²) in [6.07, 6.45) is 0.537. The number of esters is 1. The highest BCUT2D eigenvalue weighted by Crippen LogP contribution is 2.06. The van der Waals surface area contributed by atoms with Gasteiger partial charge in [-0.05, 0) is 12.0 Å². The second kappa shape index (κ2) is 10.0. The first-order valence-electron chi connectivity index (χ1n) is 7.54. The van der Waals surface area contributed by atoms with Crippen molar-refractivity contribution in [3.63, 3.8) is 0 Å². The number of hydrogen-bond acceptors (Lipinski definition) is 5. The first-order chi connectivity index (χ1) is 11.5. The topological polar surface area (TPSA) is 108 Å². The molecular formula is C17H21N3O4. The Hall–Kier alpha value is -2.88. The molecule has 2 atom stereocenters. The molecule has 1 rings (SSSR count). The maximum Gasteiger partial charge on any atom is 0.328 e. The van der Waals surface area contributed by atoms with E-state index in [1.807, 2.05) is 36.4 Å². The Labute approximate surface area is 141 Å². The van der Waals surface area contributed by atoms with Gasteiger partial charge in [-0.15, -0.1) is 0 Å². The van der Waals surface area contributed by atoms with Crippen LogP contribution < -0.4 is 10.6 Å². The van der Waals surface area contributed by atoms with Crippen molar-refractivity contribution in [2.75, 3.05) is 7.11 Å². The summed E-state index contributed by atoms with van der Waals surface area (Å²) >= 11 is 0. The van der Waals surface area contributed by atoms with Gasteiger partial charge in [0, 0.05) is 19.8 Å². The predicted octanol–water partition coefficient (Wildman–Crippen LogP) is 0.695. The van der Waals surface area contributed by atoms with Crippen LogP contribution in [0.25, 0.3) is 0 Å². The van der Waals surface area contributed by atoms with Crippen LogP contribution >= 0.6 is 0 Å². The smallest absolute Gasteiger partial charge is 0.328 e. The molecule has 7 nitrogen and oxygen atoms in total. The maximum atomic E-state index is 12.5. The van der Waals surface area contributed by atoms with E-state index in [0.717, 1.165) is 5.56 Å². The highest BCUT2D eigenvalue weighted by Gasteiger charge is 2.26. The van der Waals surface area contributed by atoms with Crippen LogP contribution in [0.3, 0.4) is 0 Å². The molecule has 0 aliphatic rings. The van der Waals surface area contributed by atoms with E-state index in [0.29, 0.717) is 6.42 Å². The van der Waals surface area contributed by atoms with Gasteiger partial charge in [0.15, 0.2) is 0 Å². The fraction of sp³-hybridized carbons (Fsp3) is 0.412. The number of benzene rings is 1. The lowest BCUT2D eigenvalue weighted by atomic mass is 10.0. The van der Waals surface area contributed by atoms with E-state index in [1.165, 1.54) is 14.0 Å². The average Bonchev–Trinajstić information content (AvgIpc) is 2.57. The molecule has 7 heteroatoms. The van der Waals surface area contributed by atoms with Crippen LogP contribution in [0.1, 0.15) is 25.3 Å². The number of methoxy groups -OCH3 is 1. The minimum Gasteiger partial charge on any atom is -0.467 e. The summed E-state index contributed by atoms with van der Waals surface area (Å²) in [4.78, 5) is 35.6. The number of nitriles is 1. The Morgan fingerprint density at radius 1 is 1.17 bits per heavy atom. The standard InChI is InChI=1S/C17H21N3O4/c1-12(21)19-15(11-13-7-4-3-5-8-13)16(22)20-14(9-6-10-18)17(23)24-2/h3-5,7-8,14-15H,6,9,11H2,1-2H3,(H,19,21)(H,20,22)/t14-,15+/m0/s1. The van der Waals surface area contributed by atoms with Crippen molar-refractivity contribution in [1.82, 2.24) is 10.6 Å². The van der Waals surface area contributed by atoms with Crippen molar-refractivity contribution >= 4 is 17.8 Å². The van der Waals surface area contributed by atoms with Crippen LogP contribution in [0, 0.1) is 11.3 Å². The first kappa shape index (κ1) is 19.2. The summed E-state index contributed by atoms with van der Waals surface area (Å²) in [6.45, 7) is 1.32. The van der Waals surface area contributed by atoms with Gasteiger partial charge in [0.25, 0.3) is 0 Å². The summed E-state index contributed by atoms with van der Waals surface area (Å²) in [5.41, 5.74) is 0.873. The third kappa shape index (κ3) is 6.48. The zero-order chi connectivity index (χ0) is 17.9. The molecule has 0 aliphatic heterocycles. The first-order valence-corrected chi connectivity index (χ1v) is 7.54. The minimum atomic E-state index is -0.922. The monoisotopic (exact) mass is 331 g/mol. The van der Waals surface area contributed by atoms with Crippen LogP contribution in [0.2, 0.25) is 0 Å². The average molecular weight is 331 g/mol. The van der Waals surface area contributed by atoms with Crippen molar-refractivity contribution in [1.29, 1.82) is 5.26 Å². The van der Waals surface area contributed by atoms with Gasteiger partial charge in [-0.2, -0.15) is 5.26 Å². The van der Waals surface area contributed by atoms with Gasteiger partial charge in [-0.1, -0.05) is 30.3 Å². The molecule has 0 heterocycles. The van der Waals surface area contributed by atoms with Crippen molar-refractivity contribution in [3.8, 4) is 6.07 Å². The molecule has 1 aromatic carbocycles. The number of nitrogens with one attached hydrogen (secondary N) is 2. The highest BCUT2D eigenvalue weighted by molar-refractivity contribution is 5.90. The van der Waals surface area contributed by atoms with Crippen molar-refractivity contribution < 1.29 is 19.1 Å². The van der Waals surface area contributed by atoms with Crippen molar-refractivity contribution in [3.05, 3.63) is 35.9 Å². The lowest BCUT2D eigenvalue weighted by molar-refractivity contribution is -0.145. The third-order valence-electron chi connectivity index (χ3n) is 3.32. The Morgan fingerprint density at radius 2 is 1.83 bits per heavy atom. The van der Waals surface area contributed by atoms with Crippen LogP contribution in [-0.4, -0.2) is 37.0 Å². The van der Waals surface area contributed by atoms with E-state index in [2.05, 4.69) is 15.4 Å². The van der Waals surface area contributed by atoms with E-state index in [1.54, 1.807) is 0 Å². The second-order valence-electron chi connectivity index (χ2n) is 5.22. The Morgan fingerprint density at radius 3 is 2.38 bits per heavy atom. The van der Waals surface area contributed by atoms with Gasteiger partial charge >= 0.3 is 5.97 Å². The van der Waals surface area contributed by atoms with Crippen LogP contribution in [-0.2, 0) is 25.5 Å². The second-order valence-corrected chi connectivity index (χ2v) is 5.22. The number of rotatable bonds is 8. The fourth-order valence-corrected chi connectivity index (χ4v) is 2.18. The van der Waals surface area contributed by atoms with E-state index in [9.17, 15) is 14.4 Å². The molecule has 0 saturated heterocycles. The summed E-state index contributed by atoms with van der Waals surface area (Å²) in [6, 6.07) is 9.39. The van der Waals surface area contributed by atoms with Gasteiger partial charge in [0.1, 0.15) is 12.1 Å². The number of nitrogens with zero attached hydrogens (tertiary/aromatic N) is 1. The molecule has 0 bridgehead atoms. The molecule has 0 aromatic heterocycles. The largest absolute Gasteiger partial charge is 0.467 e. The molecule has 2 amide bonds. The van der Waals surface area contributed by atoms with E-state index in [4.69, 9.17) is 5.26 Å². The molecule has 2 N–H and O–H groups in total. The summed E-state index contributed by atoms with van der Waals surface area (Å²) < 4.78 is 4.64. The molecule has 1 aromatic rings. The molecule has 0 spiro atoms. The number of hydrogen-bond donors (Lipinski definition) is 2. The molecule has 0 fully saturated rings. The fourth-order valence-electron chi connectivity index (χ4n) is 2.18. The molecule has 128 valence electrons. The lowest BCUT2D eigenvalue weighted by Crippen LogP contribution is -2.52. The molecule has 0 radical (unpaired) electrons. The number of carbonyl (C=O) groups is 3. The SMILES string of the molecule is COC(=O)[C@H](CCC#N)NC(=O)[C@@H](Cc1ccccc1)NC(C)=O. The normalized spacial score (nSPS) is 12.4. The summed E-state index contributed by atoms with van der Waals surface area (Å²) in [5, 5.41) is 13.8. The van der Waals surface area contributed by atoms with E-state index < -0.39 is 24.0 Å². The van der Waals surface area contributed by atoms with E-state index >= 15 is 0 Å². The van der Waals surface area contributed by atoms with Gasteiger partial charge in [-0.3, -0.25) is 9.59 Å². The number of amides is 2. The minimum absolute atomic E-state index is 0.101. The van der Waals surface area contributed by atoms with Crippen LogP contribution in [0.4, 0.5) is 0 Å². The summed E-state index contributed by atoms with van der Waals surface area (Å²) in [7, 11) is 1.21. The maximum absolute atomic E-state index is 12.5. The Kier molecular flexibility index (Phi) is 7.99. The zero-order valence-corrected chi connectivity index (χ0v) is 13.7. The number of carbonyl (C=O) groups excluding carboxylic acids is 3. The van der Waals surface area contributed by atoms with Gasteiger partial charge in [-0.25, -0.2) is 4.79 Å². The van der Waals surface area contributed by atoms with Gasteiger partial charge in [0.2, 0.25) is 11.8 Å². The molecule has 0 saturated carbocycles. The van der Waals surface area contributed by atoms with Crippen LogP contribution in [0.5, 0.6) is 0 Å². The molecule has 24 heavy (non-hydrogen) atoms. The molecule has 0 aliphatic carbocycles. The van der Waals surface area contributed by atoms with Gasteiger partial charge < -0.3 is 15.4 Å². The predicted molar refractivity (Wildman–Crippen MR) is 86.5 cm³/mol. The van der Waals surface area contributed by atoms with E-state index in [-0.39, 0.29) is 18.7 Å². The van der Waals surface area contributed by atoms with Gasteiger partial charge in [0.05, 0.1) is 13.2 Å². The zero-order valence-electron chi connectivity index (χ0n) is 13.7. The molecular weight excluding hydrogens is 310 g/mol. The number of ether oxygens (including phenoxy) is 1. The molecule has 0 unspecified atom stereocenters. The summed E-state index contributed by atoms with van der Waals surface area (Å²) in [5.74, 6) is -1.47. The van der Waals surface area contributed by atoms with Crippen molar-refractivity contribution in [2.24, 2.45) is 0 Å². The third-order valence-corrected chi connectivity index (χ3v) is 3.32. The lowest BCUT2D eigenvalue weighted by Gasteiger charge is -2.21.